The average Bonchev–Trinajstić information content (AvgIpc) is 2.64. The van der Waals surface area contributed by atoms with Crippen molar-refractivity contribution < 1.29 is 39.2 Å². The maximum absolute atomic E-state index is 13.6. The number of alkyl halides is 3. The van der Waals surface area contributed by atoms with Crippen molar-refractivity contribution in [2.75, 3.05) is 6.26 Å². The lowest BCUT2D eigenvalue weighted by Gasteiger charge is -2.35. The van der Waals surface area contributed by atoms with Crippen LogP contribution in [-0.4, -0.2) is 34.1 Å². The van der Waals surface area contributed by atoms with Crippen LogP contribution in [0.25, 0.3) is 0 Å². The molecule has 0 saturated heterocycles. The number of carbonyl (C=O) groups excluding carboxylic acids is 1. The van der Waals surface area contributed by atoms with Gasteiger partial charge in [0.1, 0.15) is 5.82 Å². The van der Waals surface area contributed by atoms with Crippen molar-refractivity contribution in [1.29, 1.82) is 0 Å². The molecule has 2 aromatic carbocycles. The van der Waals surface area contributed by atoms with Crippen molar-refractivity contribution in [2.45, 2.75) is 46.9 Å². The van der Waals surface area contributed by atoms with E-state index in [0.717, 1.165) is 6.26 Å². The third-order valence-electron chi connectivity index (χ3n) is 5.58. The molecule has 0 atom stereocenters. The molecule has 33 heavy (non-hydrogen) atoms. The lowest BCUT2D eigenvalue weighted by atomic mass is 9.80. The zero-order chi connectivity index (χ0) is 24.8. The summed E-state index contributed by atoms with van der Waals surface area (Å²) >= 11 is 5.82. The minimum atomic E-state index is -4.89. The summed E-state index contributed by atoms with van der Waals surface area (Å²) in [6, 6.07) is 5.11. The molecule has 1 aliphatic carbocycles. The highest BCUT2D eigenvalue weighted by Gasteiger charge is 2.41. The molecule has 12 heteroatoms. The average molecular weight is 527 g/mol. The molecule has 5 nitrogen and oxygen atoms in total. The topological polar surface area (TPSA) is 85.3 Å². The van der Waals surface area contributed by atoms with Crippen LogP contribution in [0.3, 0.4) is 0 Å². The fraction of sp³-hybridized carbons (Fsp3) is 0.381. The first-order chi connectivity index (χ1) is 15.1. The summed E-state index contributed by atoms with van der Waals surface area (Å²) in [5, 5.41) is -0.826. The van der Waals surface area contributed by atoms with E-state index in [2.05, 4.69) is 0 Å². The van der Waals surface area contributed by atoms with Crippen LogP contribution in [0, 0.1) is 11.7 Å². The Hall–Kier alpha value is -1.98. The third kappa shape index (κ3) is 5.75. The predicted molar refractivity (Wildman–Crippen MR) is 113 cm³/mol. The molecule has 0 amide bonds. The van der Waals surface area contributed by atoms with Crippen LogP contribution in [-0.2, 0) is 25.9 Å². The van der Waals surface area contributed by atoms with E-state index >= 15 is 0 Å². The van der Waals surface area contributed by atoms with E-state index in [1.165, 1.54) is 18.2 Å². The van der Waals surface area contributed by atoms with E-state index < -0.39 is 53.2 Å². The van der Waals surface area contributed by atoms with E-state index in [-0.39, 0.29) is 53.1 Å². The van der Waals surface area contributed by atoms with Gasteiger partial charge in [0.25, 0.3) is 0 Å². The van der Waals surface area contributed by atoms with Crippen molar-refractivity contribution in [3.05, 3.63) is 58.4 Å². The molecule has 0 N–H and O–H groups in total. The van der Waals surface area contributed by atoms with Crippen molar-refractivity contribution in [3.63, 3.8) is 0 Å². The number of hydrogen-bond donors (Lipinski definition) is 0. The Balaban J connectivity index is 1.66. The van der Waals surface area contributed by atoms with Gasteiger partial charge in [-0.05, 0) is 61.6 Å². The molecule has 3 rings (SSSR count). The largest absolute Gasteiger partial charge is 0.416 e. The SMILES string of the molecule is CS(=O)(=O)c1cc(Cl)ccc1C(=O)CCC1CC(S(=O)(=O)c2cc(F)cc(C(F)(F)F)c2)C1. The lowest BCUT2D eigenvalue weighted by Crippen LogP contribution is -2.36. The highest BCUT2D eigenvalue weighted by atomic mass is 35.5. The predicted octanol–water partition coefficient (Wildman–Crippen LogP) is 5.12. The van der Waals surface area contributed by atoms with Gasteiger partial charge in [-0.3, -0.25) is 4.79 Å². The number of Topliss-reactive ketones (excluding diaryl/α,β-unsaturated/α-hetero) is 1. The van der Waals surface area contributed by atoms with Crippen molar-refractivity contribution in [3.8, 4) is 0 Å². The van der Waals surface area contributed by atoms with Crippen LogP contribution < -0.4 is 0 Å². The zero-order valence-electron chi connectivity index (χ0n) is 17.2. The molecule has 0 unspecified atom stereocenters. The Labute approximate surface area is 193 Å². The molecule has 0 aliphatic heterocycles. The summed E-state index contributed by atoms with van der Waals surface area (Å²) in [7, 11) is -7.88. The Morgan fingerprint density at radius 2 is 1.70 bits per heavy atom. The van der Waals surface area contributed by atoms with Gasteiger partial charge < -0.3 is 0 Å². The van der Waals surface area contributed by atoms with Gasteiger partial charge in [0.15, 0.2) is 25.5 Å². The van der Waals surface area contributed by atoms with Gasteiger partial charge in [0.05, 0.1) is 20.6 Å². The summed E-state index contributed by atoms with van der Waals surface area (Å²) in [5.74, 6) is -1.94. The number of benzene rings is 2. The smallest absolute Gasteiger partial charge is 0.294 e. The fourth-order valence-corrected chi connectivity index (χ4v) is 6.91. The molecule has 0 heterocycles. The molecule has 1 fully saturated rings. The van der Waals surface area contributed by atoms with Crippen LogP contribution in [0.15, 0.2) is 46.2 Å². The Bertz CT molecular complexity index is 1300. The number of halogens is 5. The van der Waals surface area contributed by atoms with E-state index in [9.17, 15) is 39.2 Å². The van der Waals surface area contributed by atoms with Crippen molar-refractivity contribution >= 4 is 37.1 Å². The van der Waals surface area contributed by atoms with Crippen molar-refractivity contribution in [2.24, 2.45) is 5.92 Å². The molecule has 1 aliphatic rings. The molecule has 1 saturated carbocycles. The minimum absolute atomic E-state index is 0.00941. The van der Waals surface area contributed by atoms with Gasteiger partial charge in [-0.2, -0.15) is 13.2 Å². The standard InChI is InChI=1S/C21H19ClF4O5S2/c1-32(28,29)20-10-14(22)3-4-18(20)19(27)5-2-12-6-16(7-12)33(30,31)17-9-13(21(24,25)26)8-15(23)11-17/h3-4,8-12,16H,2,5-7H2,1H3. The number of hydrogen-bond acceptors (Lipinski definition) is 5. The van der Waals surface area contributed by atoms with E-state index in [1.807, 2.05) is 0 Å². The quantitative estimate of drug-likeness (QED) is 0.369. The lowest BCUT2D eigenvalue weighted by molar-refractivity contribution is -0.137. The summed E-state index contributed by atoms with van der Waals surface area (Å²) < 4.78 is 101. The maximum atomic E-state index is 13.6. The van der Waals surface area contributed by atoms with Gasteiger partial charge in [-0.1, -0.05) is 11.6 Å². The van der Waals surface area contributed by atoms with Gasteiger partial charge in [0, 0.05) is 23.3 Å². The summed E-state index contributed by atoms with van der Waals surface area (Å²) in [6.45, 7) is 0. The number of carbonyl (C=O) groups is 1. The number of rotatable bonds is 7. The number of sulfone groups is 2. The zero-order valence-corrected chi connectivity index (χ0v) is 19.6. The maximum Gasteiger partial charge on any atom is 0.416 e. The summed E-state index contributed by atoms with van der Waals surface area (Å²) in [5.41, 5.74) is -1.39. The van der Waals surface area contributed by atoms with Gasteiger partial charge in [-0.25, -0.2) is 21.2 Å². The molecule has 2 aromatic rings. The molecule has 180 valence electrons. The summed E-state index contributed by atoms with van der Waals surface area (Å²) in [4.78, 5) is 11.6. The molecular weight excluding hydrogens is 508 g/mol. The molecule has 0 aromatic heterocycles. The van der Waals surface area contributed by atoms with Gasteiger partial charge in [-0.15, -0.1) is 0 Å². The highest BCUT2D eigenvalue weighted by Crippen LogP contribution is 2.40. The second-order valence-corrected chi connectivity index (χ2v) is 12.7. The first-order valence-corrected chi connectivity index (χ1v) is 13.5. The third-order valence-corrected chi connectivity index (χ3v) is 9.11. The Morgan fingerprint density at radius 3 is 2.27 bits per heavy atom. The van der Waals surface area contributed by atoms with Crippen LogP contribution in [0.4, 0.5) is 17.6 Å². The molecular formula is C21H19ClF4O5S2. The van der Waals surface area contributed by atoms with E-state index in [0.29, 0.717) is 12.1 Å². The van der Waals surface area contributed by atoms with Crippen LogP contribution in [0.1, 0.15) is 41.6 Å². The van der Waals surface area contributed by atoms with Crippen LogP contribution in [0.5, 0.6) is 0 Å². The van der Waals surface area contributed by atoms with E-state index in [1.54, 1.807) is 0 Å². The second kappa shape index (κ2) is 8.99. The first kappa shape index (κ1) is 25.6. The minimum Gasteiger partial charge on any atom is -0.294 e. The van der Waals surface area contributed by atoms with Crippen LogP contribution in [0.2, 0.25) is 5.02 Å². The molecule has 0 radical (unpaired) electrons. The summed E-state index contributed by atoms with van der Waals surface area (Å²) in [6.07, 6.45) is -3.50. The Kier molecular flexibility index (Phi) is 6.99. The Morgan fingerprint density at radius 1 is 1.06 bits per heavy atom. The molecule has 0 spiro atoms. The van der Waals surface area contributed by atoms with Crippen molar-refractivity contribution in [1.82, 2.24) is 0 Å². The van der Waals surface area contributed by atoms with Gasteiger partial charge in [0.2, 0.25) is 0 Å². The monoisotopic (exact) mass is 526 g/mol. The van der Waals surface area contributed by atoms with Gasteiger partial charge >= 0.3 is 6.18 Å². The second-order valence-electron chi connectivity index (χ2n) is 8.05. The number of ketones is 1. The fourth-order valence-electron chi connectivity index (χ4n) is 3.75. The highest BCUT2D eigenvalue weighted by molar-refractivity contribution is 7.92. The first-order valence-electron chi connectivity index (χ1n) is 9.73. The normalized spacial score (nSPS) is 19.2. The van der Waals surface area contributed by atoms with Crippen LogP contribution >= 0.6 is 11.6 Å². The molecule has 0 bridgehead atoms. The van der Waals surface area contributed by atoms with E-state index in [4.69, 9.17) is 11.6 Å².